The zero-order valence-corrected chi connectivity index (χ0v) is 22.9. The van der Waals surface area contributed by atoms with E-state index >= 15 is 8.78 Å². The topological polar surface area (TPSA) is 113 Å². The fourth-order valence-corrected chi connectivity index (χ4v) is 5.71. The molecule has 1 aromatic heterocycles. The number of anilines is 4. The maximum Gasteiger partial charge on any atom is 0.271 e. The van der Waals surface area contributed by atoms with Gasteiger partial charge in [-0.2, -0.15) is 4.98 Å². The van der Waals surface area contributed by atoms with Crippen molar-refractivity contribution in [1.82, 2.24) is 19.9 Å². The summed E-state index contributed by atoms with van der Waals surface area (Å²) in [5, 5.41) is 12.5. The molecule has 2 aromatic carbocycles. The van der Waals surface area contributed by atoms with Crippen molar-refractivity contribution in [2.45, 2.75) is 63.3 Å². The molecule has 0 amide bonds. The molecule has 11 heteroatoms. The third kappa shape index (κ3) is 6.98. The summed E-state index contributed by atoms with van der Waals surface area (Å²) in [6, 6.07) is 8.97. The molecule has 0 fully saturated rings. The Morgan fingerprint density at radius 1 is 1.19 bits per heavy atom. The minimum absolute atomic E-state index is 0.122. The SMILES string of the molecule is C=S(NC(CCC)CCC)c1cc(-c2c(NC)cc(Nc3n[nH]c(N)n3)cc2C(C)(F)F)ccc1OC. The molecule has 0 saturated heterocycles. The largest absolute Gasteiger partial charge is 0.496 e. The van der Waals surface area contributed by atoms with Crippen molar-refractivity contribution in [3.63, 3.8) is 0 Å². The van der Waals surface area contributed by atoms with E-state index in [0.717, 1.165) is 37.5 Å². The first-order valence-electron chi connectivity index (χ1n) is 12.3. The second-order valence-corrected chi connectivity index (χ2v) is 10.4. The molecule has 0 spiro atoms. The highest BCUT2D eigenvalue weighted by Crippen LogP contribution is 2.45. The summed E-state index contributed by atoms with van der Waals surface area (Å²) in [5.74, 6) is 2.21. The number of nitrogens with zero attached hydrogens (tertiary/aromatic N) is 2. The number of ether oxygens (including phenoxy) is 1. The van der Waals surface area contributed by atoms with E-state index in [1.54, 1.807) is 26.3 Å². The minimum Gasteiger partial charge on any atom is -0.496 e. The van der Waals surface area contributed by atoms with Crippen LogP contribution in [0.3, 0.4) is 0 Å². The quantitative estimate of drug-likeness (QED) is 0.160. The lowest BCUT2D eigenvalue weighted by atomic mass is 9.93. The van der Waals surface area contributed by atoms with Crippen LogP contribution in [0.5, 0.6) is 5.75 Å². The third-order valence-electron chi connectivity index (χ3n) is 5.94. The fraction of sp³-hybridized carbons (Fsp3) is 0.423. The number of methoxy groups -OCH3 is 1. The summed E-state index contributed by atoms with van der Waals surface area (Å²) in [6.07, 6.45) is 4.20. The predicted octanol–water partition coefficient (Wildman–Crippen LogP) is 6.49. The van der Waals surface area contributed by atoms with Crippen molar-refractivity contribution in [3.8, 4) is 16.9 Å². The Hall–Kier alpha value is -3.18. The van der Waals surface area contributed by atoms with Crippen molar-refractivity contribution in [3.05, 3.63) is 35.9 Å². The Morgan fingerprint density at radius 3 is 2.43 bits per heavy atom. The van der Waals surface area contributed by atoms with Crippen molar-refractivity contribution in [2.75, 3.05) is 30.5 Å². The monoisotopic (exact) mass is 533 g/mol. The van der Waals surface area contributed by atoms with Gasteiger partial charge in [0.05, 0.1) is 12.0 Å². The smallest absolute Gasteiger partial charge is 0.271 e. The molecule has 0 saturated carbocycles. The summed E-state index contributed by atoms with van der Waals surface area (Å²) in [5.41, 5.74) is 7.40. The van der Waals surface area contributed by atoms with Gasteiger partial charge in [-0.15, -0.1) is 5.10 Å². The van der Waals surface area contributed by atoms with Crippen molar-refractivity contribution in [2.24, 2.45) is 0 Å². The number of hydrogen-bond acceptors (Lipinski definition) is 7. The van der Waals surface area contributed by atoms with E-state index in [1.165, 1.54) is 6.07 Å². The van der Waals surface area contributed by atoms with E-state index in [2.05, 4.69) is 50.3 Å². The van der Waals surface area contributed by atoms with Gasteiger partial charge >= 0.3 is 0 Å². The molecule has 202 valence electrons. The van der Waals surface area contributed by atoms with Gasteiger partial charge in [-0.3, -0.25) is 4.72 Å². The number of nitrogens with one attached hydrogen (secondary N) is 4. The summed E-state index contributed by atoms with van der Waals surface area (Å²) in [7, 11) is 2.70. The lowest BCUT2D eigenvalue weighted by Gasteiger charge is -2.24. The zero-order chi connectivity index (χ0) is 27.2. The van der Waals surface area contributed by atoms with E-state index in [9.17, 15) is 0 Å². The van der Waals surface area contributed by atoms with Crippen LogP contribution in [0.1, 0.15) is 52.0 Å². The van der Waals surface area contributed by atoms with E-state index < -0.39 is 16.6 Å². The number of benzene rings is 2. The van der Waals surface area contributed by atoms with Crippen molar-refractivity contribution >= 4 is 39.8 Å². The molecule has 1 atom stereocenters. The molecular formula is C26H37F2N7OS. The molecule has 0 aliphatic rings. The van der Waals surface area contributed by atoms with Crippen LogP contribution in [-0.4, -0.2) is 41.3 Å². The Bertz CT molecular complexity index is 1220. The van der Waals surface area contributed by atoms with Gasteiger partial charge in [0.2, 0.25) is 11.9 Å². The lowest BCUT2D eigenvalue weighted by Crippen LogP contribution is -2.24. The van der Waals surface area contributed by atoms with Gasteiger partial charge in [0, 0.05) is 42.5 Å². The number of H-pyrrole nitrogens is 1. The Morgan fingerprint density at radius 2 is 1.89 bits per heavy atom. The van der Waals surface area contributed by atoms with Crippen LogP contribution in [0.4, 0.5) is 32.1 Å². The van der Waals surface area contributed by atoms with Crippen LogP contribution in [0.2, 0.25) is 0 Å². The molecule has 8 nitrogen and oxygen atoms in total. The van der Waals surface area contributed by atoms with Crippen LogP contribution in [0.15, 0.2) is 35.2 Å². The maximum atomic E-state index is 15.0. The number of halogens is 2. The summed E-state index contributed by atoms with van der Waals surface area (Å²) in [6.45, 7) is 5.21. The van der Waals surface area contributed by atoms with Gasteiger partial charge < -0.3 is 21.1 Å². The lowest BCUT2D eigenvalue weighted by molar-refractivity contribution is 0.0182. The molecule has 0 bridgehead atoms. The maximum absolute atomic E-state index is 15.0. The molecule has 3 rings (SSSR count). The first-order valence-corrected chi connectivity index (χ1v) is 13.7. The fourth-order valence-electron chi connectivity index (χ4n) is 4.28. The highest BCUT2D eigenvalue weighted by molar-refractivity contribution is 8.12. The van der Waals surface area contributed by atoms with Gasteiger partial charge in [-0.25, -0.2) is 13.9 Å². The average Bonchev–Trinajstić information content (AvgIpc) is 3.27. The Labute approximate surface area is 219 Å². The van der Waals surface area contributed by atoms with Crippen LogP contribution in [-0.2, 0) is 5.92 Å². The number of aromatic nitrogens is 3. The highest BCUT2D eigenvalue weighted by atomic mass is 32.2. The van der Waals surface area contributed by atoms with Crippen LogP contribution in [0.25, 0.3) is 11.1 Å². The number of alkyl halides is 2. The average molecular weight is 534 g/mol. The normalized spacial score (nSPS) is 12.5. The molecule has 37 heavy (non-hydrogen) atoms. The van der Waals surface area contributed by atoms with Crippen molar-refractivity contribution in [1.29, 1.82) is 0 Å². The molecule has 0 radical (unpaired) electrons. The van der Waals surface area contributed by atoms with Gasteiger partial charge in [0.15, 0.2) is 0 Å². The molecular weight excluding hydrogens is 496 g/mol. The molecule has 1 heterocycles. The summed E-state index contributed by atoms with van der Waals surface area (Å²) >= 11 is 0. The number of aromatic amines is 1. The standard InChI is InChI=1S/C26H37F2N7OS/c1-7-9-17(10-8-2)35-37(6)22-13-16(11-12-21(22)36-5)23-19(26(3,27)28)14-18(15-20(23)30-4)31-25-32-24(29)33-34-25/h11-15,17,30,35H,6-10H2,1-5H3,(H4,29,31,32,33,34). The van der Waals surface area contributed by atoms with Gasteiger partial charge in [-0.1, -0.05) is 49.3 Å². The van der Waals surface area contributed by atoms with Crippen LogP contribution < -0.4 is 25.8 Å². The number of hydrogen-bond donors (Lipinski definition) is 5. The third-order valence-corrected chi connectivity index (χ3v) is 7.41. The highest BCUT2D eigenvalue weighted by Gasteiger charge is 2.31. The van der Waals surface area contributed by atoms with Gasteiger partial charge in [-0.05, 0) is 42.7 Å². The minimum atomic E-state index is -3.13. The number of nitrogens with two attached hydrogens (primary N) is 1. The molecule has 1 unspecified atom stereocenters. The molecule has 6 N–H and O–H groups in total. The van der Waals surface area contributed by atoms with Crippen molar-refractivity contribution < 1.29 is 13.5 Å². The van der Waals surface area contributed by atoms with E-state index in [1.807, 2.05) is 12.1 Å². The molecule has 3 aromatic rings. The summed E-state index contributed by atoms with van der Waals surface area (Å²) in [4.78, 5) is 4.84. The molecule has 0 aliphatic heterocycles. The first-order chi connectivity index (χ1) is 17.6. The van der Waals surface area contributed by atoms with Crippen LogP contribution >= 0.6 is 10.7 Å². The van der Waals surface area contributed by atoms with E-state index in [0.29, 0.717) is 34.3 Å². The van der Waals surface area contributed by atoms with Gasteiger partial charge in [0.25, 0.3) is 5.92 Å². The van der Waals surface area contributed by atoms with Gasteiger partial charge in [0.1, 0.15) is 5.75 Å². The molecule has 0 aliphatic carbocycles. The number of nitrogen functional groups attached to an aromatic ring is 1. The second-order valence-electron chi connectivity index (χ2n) is 8.90. The second kappa shape index (κ2) is 12.4. The van der Waals surface area contributed by atoms with E-state index in [-0.39, 0.29) is 17.5 Å². The predicted molar refractivity (Wildman–Crippen MR) is 151 cm³/mol. The first kappa shape index (κ1) is 28.4. The Kier molecular flexibility index (Phi) is 9.50. The van der Waals surface area contributed by atoms with E-state index in [4.69, 9.17) is 10.5 Å². The zero-order valence-electron chi connectivity index (χ0n) is 22.0. The summed E-state index contributed by atoms with van der Waals surface area (Å²) < 4.78 is 39.3. The Balaban J connectivity index is 2.10. The number of rotatable bonds is 13. The van der Waals surface area contributed by atoms with Crippen LogP contribution in [0, 0.1) is 0 Å².